The van der Waals surface area contributed by atoms with Gasteiger partial charge in [-0.15, -0.1) is 0 Å². The van der Waals surface area contributed by atoms with E-state index in [2.05, 4.69) is 17.6 Å². The van der Waals surface area contributed by atoms with E-state index >= 15 is 0 Å². The molecule has 2 aromatic rings. The van der Waals surface area contributed by atoms with Crippen LogP contribution in [0.2, 0.25) is 0 Å². The molecule has 0 saturated heterocycles. The number of benzene rings is 2. The van der Waals surface area contributed by atoms with E-state index in [-0.39, 0.29) is 5.57 Å². The molecule has 116 valence electrons. The molecule has 0 atom stereocenters. The fourth-order valence-corrected chi connectivity index (χ4v) is 1.98. The van der Waals surface area contributed by atoms with Crippen LogP contribution in [0.15, 0.2) is 60.3 Å². The maximum Gasteiger partial charge on any atom is 0.267 e. The third-order valence-corrected chi connectivity index (χ3v) is 3.42. The number of rotatable bonds is 5. The molecule has 2 aromatic carbocycles. The molecule has 4 heteroatoms. The summed E-state index contributed by atoms with van der Waals surface area (Å²) in [6.07, 6.45) is 2.39. The van der Waals surface area contributed by atoms with Gasteiger partial charge in [0.05, 0.1) is 0 Å². The Morgan fingerprint density at radius 2 is 1.70 bits per heavy atom. The Bertz CT molecular complexity index is 738. The molecule has 0 unspecified atom stereocenters. The van der Waals surface area contributed by atoms with E-state index in [1.54, 1.807) is 12.1 Å². The Balaban J connectivity index is 2.03. The van der Waals surface area contributed by atoms with Crippen LogP contribution in [0.4, 0.5) is 11.4 Å². The zero-order valence-electron chi connectivity index (χ0n) is 13.3. The SMILES string of the molecule is CCc1ccc(N/C=C(/C#N)C(=O)Nc2ccc(C)cc2)cc1. The van der Waals surface area contributed by atoms with Crippen LogP contribution in [-0.2, 0) is 11.2 Å². The van der Waals surface area contributed by atoms with Gasteiger partial charge in [0.2, 0.25) is 0 Å². The zero-order valence-corrected chi connectivity index (χ0v) is 13.3. The van der Waals surface area contributed by atoms with Gasteiger partial charge in [0.1, 0.15) is 11.6 Å². The van der Waals surface area contributed by atoms with Crippen LogP contribution in [0, 0.1) is 18.3 Å². The molecule has 23 heavy (non-hydrogen) atoms. The van der Waals surface area contributed by atoms with E-state index in [0.29, 0.717) is 5.69 Å². The second kappa shape index (κ2) is 7.81. The number of carbonyl (C=O) groups is 1. The number of nitrogens with one attached hydrogen (secondary N) is 2. The van der Waals surface area contributed by atoms with Crippen molar-refractivity contribution in [1.29, 1.82) is 5.26 Å². The predicted molar refractivity (Wildman–Crippen MR) is 92.9 cm³/mol. The van der Waals surface area contributed by atoms with Gasteiger partial charge in [-0.1, -0.05) is 36.8 Å². The van der Waals surface area contributed by atoms with Crippen molar-refractivity contribution in [3.05, 3.63) is 71.4 Å². The Hall–Kier alpha value is -3.06. The summed E-state index contributed by atoms with van der Waals surface area (Å²) in [5, 5.41) is 14.8. The quantitative estimate of drug-likeness (QED) is 0.648. The number of carbonyl (C=O) groups excluding carboxylic acids is 1. The van der Waals surface area contributed by atoms with Gasteiger partial charge in [-0.25, -0.2) is 0 Å². The van der Waals surface area contributed by atoms with E-state index in [9.17, 15) is 4.79 Å². The summed E-state index contributed by atoms with van der Waals surface area (Å²) in [5.41, 5.74) is 3.85. The molecule has 0 aliphatic carbocycles. The molecule has 4 nitrogen and oxygen atoms in total. The number of amides is 1. The summed E-state index contributed by atoms with van der Waals surface area (Å²) < 4.78 is 0. The maximum atomic E-state index is 12.1. The highest BCUT2D eigenvalue weighted by Crippen LogP contribution is 2.12. The van der Waals surface area contributed by atoms with E-state index in [4.69, 9.17) is 5.26 Å². The van der Waals surface area contributed by atoms with Gasteiger partial charge in [-0.2, -0.15) is 5.26 Å². The molecule has 0 aliphatic heterocycles. The van der Waals surface area contributed by atoms with Gasteiger partial charge in [0.15, 0.2) is 0 Å². The highest BCUT2D eigenvalue weighted by Gasteiger charge is 2.09. The van der Waals surface area contributed by atoms with Crippen molar-refractivity contribution >= 4 is 17.3 Å². The molecule has 0 heterocycles. The highest BCUT2D eigenvalue weighted by atomic mass is 16.1. The Labute approximate surface area is 136 Å². The molecule has 0 spiro atoms. The minimum absolute atomic E-state index is 0.0187. The summed E-state index contributed by atoms with van der Waals surface area (Å²) in [5.74, 6) is -0.436. The van der Waals surface area contributed by atoms with Crippen molar-refractivity contribution in [2.75, 3.05) is 10.6 Å². The first-order valence-electron chi connectivity index (χ1n) is 7.46. The van der Waals surface area contributed by atoms with Gasteiger partial charge in [0.25, 0.3) is 5.91 Å². The Morgan fingerprint density at radius 3 is 2.26 bits per heavy atom. The summed E-state index contributed by atoms with van der Waals surface area (Å²) in [6.45, 7) is 4.06. The van der Waals surface area contributed by atoms with Crippen LogP contribution in [0.3, 0.4) is 0 Å². The van der Waals surface area contributed by atoms with Gasteiger partial charge in [-0.05, 0) is 43.2 Å². The van der Waals surface area contributed by atoms with Crippen molar-refractivity contribution in [1.82, 2.24) is 0 Å². The minimum atomic E-state index is -0.436. The number of hydrogen-bond donors (Lipinski definition) is 2. The average molecular weight is 305 g/mol. The molecule has 2 rings (SSSR count). The van der Waals surface area contributed by atoms with Crippen molar-refractivity contribution in [2.45, 2.75) is 20.3 Å². The lowest BCUT2D eigenvalue weighted by molar-refractivity contribution is -0.112. The molecule has 2 N–H and O–H groups in total. The maximum absolute atomic E-state index is 12.1. The standard InChI is InChI=1S/C19H19N3O/c1-3-15-6-10-17(11-7-15)21-13-16(12-20)19(23)22-18-8-4-14(2)5-9-18/h4-11,13,21H,3H2,1-2H3,(H,22,23)/b16-13-. The van der Waals surface area contributed by atoms with Crippen LogP contribution in [0.25, 0.3) is 0 Å². The fourth-order valence-electron chi connectivity index (χ4n) is 1.98. The van der Waals surface area contributed by atoms with Crippen molar-refractivity contribution < 1.29 is 4.79 Å². The predicted octanol–water partition coefficient (Wildman–Crippen LogP) is 4.02. The van der Waals surface area contributed by atoms with Crippen molar-refractivity contribution in [3.8, 4) is 6.07 Å². The number of anilines is 2. The molecule has 0 saturated carbocycles. The molecule has 0 radical (unpaired) electrons. The van der Waals surface area contributed by atoms with Crippen molar-refractivity contribution in [2.24, 2.45) is 0 Å². The lowest BCUT2D eigenvalue weighted by atomic mass is 10.1. The third-order valence-electron chi connectivity index (χ3n) is 3.42. The van der Waals surface area contributed by atoms with Crippen molar-refractivity contribution in [3.63, 3.8) is 0 Å². The van der Waals surface area contributed by atoms with Crippen LogP contribution >= 0.6 is 0 Å². The Kier molecular flexibility index (Phi) is 5.54. The van der Waals surface area contributed by atoms with E-state index in [1.807, 2.05) is 49.4 Å². The normalized spacial score (nSPS) is 10.7. The Morgan fingerprint density at radius 1 is 1.09 bits per heavy atom. The number of hydrogen-bond acceptors (Lipinski definition) is 3. The third kappa shape index (κ3) is 4.72. The minimum Gasteiger partial charge on any atom is -0.360 e. The number of nitrogens with zero attached hydrogens (tertiary/aromatic N) is 1. The molecule has 0 bridgehead atoms. The molecule has 0 aromatic heterocycles. The number of nitriles is 1. The molecule has 0 fully saturated rings. The lowest BCUT2D eigenvalue weighted by Crippen LogP contribution is -2.14. The van der Waals surface area contributed by atoms with Crippen LogP contribution < -0.4 is 10.6 Å². The first-order chi connectivity index (χ1) is 11.1. The van der Waals surface area contributed by atoms with Crippen LogP contribution in [0.5, 0.6) is 0 Å². The molecular formula is C19H19N3O. The summed E-state index contributed by atoms with van der Waals surface area (Å²) in [7, 11) is 0. The molecular weight excluding hydrogens is 286 g/mol. The van der Waals surface area contributed by atoms with E-state index < -0.39 is 5.91 Å². The first kappa shape index (κ1) is 16.3. The van der Waals surface area contributed by atoms with Gasteiger partial charge < -0.3 is 10.6 Å². The average Bonchev–Trinajstić information content (AvgIpc) is 2.58. The zero-order chi connectivity index (χ0) is 16.7. The highest BCUT2D eigenvalue weighted by molar-refractivity contribution is 6.06. The fraction of sp³-hybridized carbons (Fsp3) is 0.158. The van der Waals surface area contributed by atoms with Crippen LogP contribution in [-0.4, -0.2) is 5.91 Å². The van der Waals surface area contributed by atoms with Gasteiger partial charge >= 0.3 is 0 Å². The number of aryl methyl sites for hydroxylation is 2. The van der Waals surface area contributed by atoms with E-state index in [1.165, 1.54) is 11.8 Å². The molecule has 0 aliphatic rings. The smallest absolute Gasteiger partial charge is 0.267 e. The first-order valence-corrected chi connectivity index (χ1v) is 7.46. The summed E-state index contributed by atoms with van der Waals surface area (Å²) in [4.78, 5) is 12.1. The monoisotopic (exact) mass is 305 g/mol. The largest absolute Gasteiger partial charge is 0.360 e. The second-order valence-corrected chi connectivity index (χ2v) is 5.18. The second-order valence-electron chi connectivity index (χ2n) is 5.18. The van der Waals surface area contributed by atoms with Gasteiger partial charge in [0, 0.05) is 17.6 Å². The van der Waals surface area contributed by atoms with Gasteiger partial charge in [-0.3, -0.25) is 4.79 Å². The lowest BCUT2D eigenvalue weighted by Gasteiger charge is -2.06. The summed E-state index contributed by atoms with van der Waals surface area (Å²) in [6, 6.07) is 17.2. The molecule has 1 amide bonds. The van der Waals surface area contributed by atoms with E-state index in [0.717, 1.165) is 17.7 Å². The summed E-state index contributed by atoms with van der Waals surface area (Å²) >= 11 is 0. The van der Waals surface area contributed by atoms with Crippen LogP contribution in [0.1, 0.15) is 18.1 Å². The topological polar surface area (TPSA) is 64.9 Å².